The fourth-order valence-corrected chi connectivity index (χ4v) is 2.82. The molecule has 2 aromatic carbocycles. The van der Waals surface area contributed by atoms with Crippen LogP contribution < -0.4 is 15.0 Å². The lowest BCUT2D eigenvalue weighted by Gasteiger charge is -2.22. The van der Waals surface area contributed by atoms with Crippen molar-refractivity contribution < 1.29 is 9.53 Å². The standard InChI is InChI=1S/C21H22N4O2/c1-4-25(16-9-7-8-15(2)14-16)20-13-12-19(23-24-20)22-21(26)17-10-5-6-11-18(17)27-3/h5-14H,4H2,1-3H3,(H,22,23,26). The molecule has 3 rings (SSSR count). The van der Waals surface area contributed by atoms with Crippen molar-refractivity contribution in [3.63, 3.8) is 0 Å². The molecule has 0 aliphatic heterocycles. The van der Waals surface area contributed by atoms with Gasteiger partial charge in [0.05, 0.1) is 12.7 Å². The van der Waals surface area contributed by atoms with Gasteiger partial charge in [-0.05, 0) is 55.8 Å². The number of nitrogens with one attached hydrogen (secondary N) is 1. The minimum atomic E-state index is -0.291. The molecule has 1 amide bonds. The molecule has 0 aliphatic rings. The molecule has 27 heavy (non-hydrogen) atoms. The number of hydrogen-bond donors (Lipinski definition) is 1. The van der Waals surface area contributed by atoms with Gasteiger partial charge in [0.15, 0.2) is 11.6 Å². The highest BCUT2D eigenvalue weighted by molar-refractivity contribution is 6.05. The van der Waals surface area contributed by atoms with Crippen LogP contribution in [0.4, 0.5) is 17.3 Å². The molecule has 0 spiro atoms. The van der Waals surface area contributed by atoms with Crippen LogP contribution in [0.3, 0.4) is 0 Å². The minimum absolute atomic E-state index is 0.291. The van der Waals surface area contributed by atoms with Gasteiger partial charge in [0, 0.05) is 12.2 Å². The third-order valence-electron chi connectivity index (χ3n) is 4.15. The number of benzene rings is 2. The monoisotopic (exact) mass is 362 g/mol. The van der Waals surface area contributed by atoms with Gasteiger partial charge in [0.2, 0.25) is 0 Å². The molecule has 1 heterocycles. The Bertz CT molecular complexity index is 925. The van der Waals surface area contributed by atoms with Crippen molar-refractivity contribution >= 4 is 23.2 Å². The van der Waals surface area contributed by atoms with E-state index in [4.69, 9.17) is 4.74 Å². The second kappa shape index (κ2) is 8.31. The van der Waals surface area contributed by atoms with Crippen molar-refractivity contribution in [2.75, 3.05) is 23.9 Å². The van der Waals surface area contributed by atoms with Crippen LogP contribution in [0, 0.1) is 6.92 Å². The molecular formula is C21H22N4O2. The molecule has 138 valence electrons. The Morgan fingerprint density at radius 3 is 2.56 bits per heavy atom. The highest BCUT2D eigenvalue weighted by Gasteiger charge is 2.14. The van der Waals surface area contributed by atoms with Gasteiger partial charge >= 0.3 is 0 Å². The number of aromatic nitrogens is 2. The van der Waals surface area contributed by atoms with E-state index < -0.39 is 0 Å². The number of ether oxygens (including phenoxy) is 1. The van der Waals surface area contributed by atoms with Crippen molar-refractivity contribution in [2.45, 2.75) is 13.8 Å². The summed E-state index contributed by atoms with van der Waals surface area (Å²) < 4.78 is 5.22. The lowest BCUT2D eigenvalue weighted by molar-refractivity contribution is 0.102. The Labute approximate surface area is 158 Å². The van der Waals surface area contributed by atoms with Crippen LogP contribution in [0.15, 0.2) is 60.7 Å². The van der Waals surface area contributed by atoms with Gasteiger partial charge in [-0.15, -0.1) is 10.2 Å². The molecule has 0 saturated carbocycles. The molecular weight excluding hydrogens is 340 g/mol. The summed E-state index contributed by atoms with van der Waals surface area (Å²) in [6, 6.07) is 18.8. The van der Waals surface area contributed by atoms with E-state index in [1.54, 1.807) is 24.3 Å². The second-order valence-electron chi connectivity index (χ2n) is 6.01. The number of methoxy groups -OCH3 is 1. The van der Waals surface area contributed by atoms with Gasteiger partial charge < -0.3 is 15.0 Å². The predicted molar refractivity (Wildman–Crippen MR) is 107 cm³/mol. The van der Waals surface area contributed by atoms with E-state index in [0.29, 0.717) is 17.1 Å². The maximum absolute atomic E-state index is 12.5. The maximum Gasteiger partial charge on any atom is 0.260 e. The van der Waals surface area contributed by atoms with Crippen molar-refractivity contribution in [3.05, 3.63) is 71.8 Å². The van der Waals surface area contributed by atoms with Crippen LogP contribution in [0.2, 0.25) is 0 Å². The lowest BCUT2D eigenvalue weighted by Crippen LogP contribution is -2.19. The molecule has 6 heteroatoms. The third kappa shape index (κ3) is 4.23. The summed E-state index contributed by atoms with van der Waals surface area (Å²) in [6.07, 6.45) is 0. The summed E-state index contributed by atoms with van der Waals surface area (Å²) in [6.45, 7) is 4.87. The molecule has 6 nitrogen and oxygen atoms in total. The van der Waals surface area contributed by atoms with Crippen molar-refractivity contribution in [1.82, 2.24) is 10.2 Å². The zero-order chi connectivity index (χ0) is 19.2. The summed E-state index contributed by atoms with van der Waals surface area (Å²) in [5.41, 5.74) is 2.68. The average Bonchev–Trinajstić information content (AvgIpc) is 2.70. The van der Waals surface area contributed by atoms with Crippen LogP contribution >= 0.6 is 0 Å². The summed E-state index contributed by atoms with van der Waals surface area (Å²) in [5, 5.41) is 11.2. The Hall–Kier alpha value is -3.41. The van der Waals surface area contributed by atoms with Crippen molar-refractivity contribution in [1.29, 1.82) is 0 Å². The van der Waals surface area contributed by atoms with E-state index >= 15 is 0 Å². The van der Waals surface area contributed by atoms with E-state index in [9.17, 15) is 4.79 Å². The third-order valence-corrected chi connectivity index (χ3v) is 4.15. The number of aryl methyl sites for hydroxylation is 1. The van der Waals surface area contributed by atoms with Crippen LogP contribution in [0.1, 0.15) is 22.8 Å². The molecule has 0 radical (unpaired) electrons. The SMILES string of the molecule is CCN(c1cccc(C)c1)c1ccc(NC(=O)c2ccccc2OC)nn1. The minimum Gasteiger partial charge on any atom is -0.496 e. The molecule has 1 N–H and O–H groups in total. The number of nitrogens with zero attached hydrogens (tertiary/aromatic N) is 3. The van der Waals surface area contributed by atoms with Gasteiger partial charge in [-0.2, -0.15) is 0 Å². The molecule has 0 unspecified atom stereocenters. The Morgan fingerprint density at radius 2 is 1.89 bits per heavy atom. The van der Waals surface area contributed by atoms with Gasteiger partial charge in [0.25, 0.3) is 5.91 Å². The zero-order valence-electron chi connectivity index (χ0n) is 15.6. The number of carbonyl (C=O) groups is 1. The fraction of sp³-hybridized carbons (Fsp3) is 0.190. The quantitative estimate of drug-likeness (QED) is 0.712. The van der Waals surface area contributed by atoms with Gasteiger partial charge in [-0.1, -0.05) is 24.3 Å². The first-order valence-corrected chi connectivity index (χ1v) is 8.74. The topological polar surface area (TPSA) is 67.4 Å². The summed E-state index contributed by atoms with van der Waals surface area (Å²) >= 11 is 0. The summed E-state index contributed by atoms with van der Waals surface area (Å²) in [4.78, 5) is 14.5. The Balaban J connectivity index is 1.77. The fourth-order valence-electron chi connectivity index (χ4n) is 2.82. The van der Waals surface area contributed by atoms with E-state index in [1.807, 2.05) is 24.3 Å². The largest absolute Gasteiger partial charge is 0.496 e. The molecule has 1 aromatic heterocycles. The van der Waals surface area contributed by atoms with Crippen LogP contribution in [-0.4, -0.2) is 29.8 Å². The molecule has 0 atom stereocenters. The van der Waals surface area contributed by atoms with Gasteiger partial charge in [0.1, 0.15) is 5.75 Å². The summed E-state index contributed by atoms with van der Waals surface area (Å²) in [5.74, 6) is 1.32. The van der Waals surface area contributed by atoms with E-state index in [0.717, 1.165) is 18.1 Å². The second-order valence-corrected chi connectivity index (χ2v) is 6.01. The number of amides is 1. The predicted octanol–water partition coefficient (Wildman–Crippen LogP) is 4.20. The number of carbonyl (C=O) groups excluding carboxylic acids is 1. The smallest absolute Gasteiger partial charge is 0.260 e. The molecule has 0 aliphatic carbocycles. The van der Waals surface area contributed by atoms with E-state index in [2.05, 4.69) is 46.4 Å². The highest BCUT2D eigenvalue weighted by Crippen LogP contribution is 2.24. The first-order chi connectivity index (χ1) is 13.1. The molecule has 0 bridgehead atoms. The van der Waals surface area contributed by atoms with Gasteiger partial charge in [-0.25, -0.2) is 0 Å². The first kappa shape index (κ1) is 18.4. The number of para-hydroxylation sites is 1. The van der Waals surface area contributed by atoms with Gasteiger partial charge in [-0.3, -0.25) is 4.79 Å². The number of hydrogen-bond acceptors (Lipinski definition) is 5. The number of rotatable bonds is 6. The van der Waals surface area contributed by atoms with Crippen molar-refractivity contribution in [2.24, 2.45) is 0 Å². The lowest BCUT2D eigenvalue weighted by atomic mass is 10.2. The zero-order valence-corrected chi connectivity index (χ0v) is 15.6. The molecule has 3 aromatic rings. The van der Waals surface area contributed by atoms with Crippen LogP contribution in [0.25, 0.3) is 0 Å². The highest BCUT2D eigenvalue weighted by atomic mass is 16.5. The van der Waals surface area contributed by atoms with E-state index in [-0.39, 0.29) is 5.91 Å². The summed E-state index contributed by atoms with van der Waals surface area (Å²) in [7, 11) is 1.53. The Kier molecular flexibility index (Phi) is 5.66. The van der Waals surface area contributed by atoms with Crippen molar-refractivity contribution in [3.8, 4) is 5.75 Å². The normalized spacial score (nSPS) is 10.3. The molecule has 0 fully saturated rings. The maximum atomic E-state index is 12.5. The first-order valence-electron chi connectivity index (χ1n) is 8.74. The molecule has 0 saturated heterocycles. The average molecular weight is 362 g/mol. The number of anilines is 3. The van der Waals surface area contributed by atoms with Crippen LogP contribution in [0.5, 0.6) is 5.75 Å². The van der Waals surface area contributed by atoms with E-state index in [1.165, 1.54) is 12.7 Å². The Morgan fingerprint density at radius 1 is 1.07 bits per heavy atom. The van der Waals surface area contributed by atoms with Crippen LogP contribution in [-0.2, 0) is 0 Å².